The fraction of sp³-hybridized carbons (Fsp3) is 0.152. The van der Waals surface area contributed by atoms with Crippen LogP contribution in [0.4, 0.5) is 4.39 Å². The summed E-state index contributed by atoms with van der Waals surface area (Å²) < 4.78 is 22.0. The van der Waals surface area contributed by atoms with E-state index in [1.54, 1.807) is 48.7 Å². The Morgan fingerprint density at radius 2 is 1.73 bits per heavy atom. The van der Waals surface area contributed by atoms with Gasteiger partial charge in [0.2, 0.25) is 5.88 Å². The Balaban J connectivity index is 1.30. The molecule has 1 N–H and O–H groups in total. The normalized spacial score (nSPS) is 13.3. The van der Waals surface area contributed by atoms with Gasteiger partial charge in [-0.15, -0.1) is 10.2 Å². The number of rotatable bonds is 9. The van der Waals surface area contributed by atoms with Crippen LogP contribution in [0, 0.1) is 19.7 Å². The molecule has 5 aromatic rings. The smallest absolute Gasteiger partial charge is 0.285 e. The number of benzene rings is 3. The molecule has 1 aliphatic heterocycles. The van der Waals surface area contributed by atoms with Crippen molar-refractivity contribution >= 4 is 34.8 Å². The van der Waals surface area contributed by atoms with Gasteiger partial charge in [-0.3, -0.25) is 19.2 Å². The van der Waals surface area contributed by atoms with Crippen LogP contribution in [-0.2, 0) is 11.3 Å². The number of ether oxygens (including phenoxy) is 1. The van der Waals surface area contributed by atoms with Gasteiger partial charge < -0.3 is 10.1 Å². The third-order valence-corrected chi connectivity index (χ3v) is 7.60. The molecule has 9 nitrogen and oxygen atoms in total. The lowest BCUT2D eigenvalue weighted by atomic mass is 9.99. The van der Waals surface area contributed by atoms with Gasteiger partial charge in [0.05, 0.1) is 34.3 Å². The van der Waals surface area contributed by atoms with Crippen molar-refractivity contribution in [2.45, 2.75) is 26.3 Å². The largest absolute Gasteiger partial charge is 0.434 e. The van der Waals surface area contributed by atoms with Crippen LogP contribution in [0.1, 0.15) is 47.8 Å². The first kappa shape index (κ1) is 29.0. The van der Waals surface area contributed by atoms with Gasteiger partial charge in [0, 0.05) is 6.20 Å². The average molecular weight is 613 g/mol. The summed E-state index contributed by atoms with van der Waals surface area (Å²) in [5.74, 6) is -2.89. The minimum atomic E-state index is -0.794. The zero-order chi connectivity index (χ0) is 31.0. The molecule has 0 fully saturated rings. The number of carbonyl (C=O) groups is 3. The molecule has 222 valence electrons. The molecule has 0 bridgehead atoms. The first-order valence-electron chi connectivity index (χ1n) is 13.8. The zero-order valence-electron chi connectivity index (χ0n) is 23.7. The number of hydrogen-bond acceptors (Lipinski definition) is 6. The number of nitrogens with zero attached hydrogens (tertiary/aromatic N) is 3. The van der Waals surface area contributed by atoms with Crippen LogP contribution in [-0.4, -0.2) is 45.0 Å². The third kappa shape index (κ3) is 5.64. The van der Waals surface area contributed by atoms with Crippen LogP contribution in [0.5, 0.6) is 11.6 Å². The Morgan fingerprint density at radius 1 is 0.977 bits per heavy atom. The van der Waals surface area contributed by atoms with Crippen molar-refractivity contribution in [1.29, 1.82) is 0 Å². The second kappa shape index (κ2) is 11.9. The average Bonchev–Trinajstić information content (AvgIpc) is 3.56. The summed E-state index contributed by atoms with van der Waals surface area (Å²) in [7, 11) is 0. The van der Waals surface area contributed by atoms with E-state index >= 15 is 0 Å². The van der Waals surface area contributed by atoms with E-state index in [-0.39, 0.29) is 39.9 Å². The fourth-order valence-corrected chi connectivity index (χ4v) is 5.23. The monoisotopic (exact) mass is 612 g/mol. The molecule has 3 amide bonds. The molecule has 1 atom stereocenters. The minimum absolute atomic E-state index is 0.0296. The quantitative estimate of drug-likeness (QED) is 0.202. The van der Waals surface area contributed by atoms with Gasteiger partial charge in [-0.2, -0.15) is 0 Å². The molecule has 0 radical (unpaired) electrons. The van der Waals surface area contributed by atoms with Crippen LogP contribution in [0.3, 0.4) is 0 Å². The van der Waals surface area contributed by atoms with Crippen molar-refractivity contribution in [3.8, 4) is 11.6 Å². The summed E-state index contributed by atoms with van der Waals surface area (Å²) in [6.07, 6.45) is 1.98. The van der Waals surface area contributed by atoms with Crippen LogP contribution >= 0.6 is 11.6 Å². The Hall–Kier alpha value is -5.06. The van der Waals surface area contributed by atoms with E-state index in [2.05, 4.69) is 10.4 Å². The predicted molar refractivity (Wildman–Crippen MR) is 160 cm³/mol. The summed E-state index contributed by atoms with van der Waals surface area (Å²) in [5, 5.41) is 7.90. The number of carbonyl (C=O) groups excluding carboxylic acids is 3. The summed E-state index contributed by atoms with van der Waals surface area (Å²) >= 11 is 5.94. The Labute approximate surface area is 256 Å². The van der Waals surface area contributed by atoms with Gasteiger partial charge in [-0.05, 0) is 73.9 Å². The number of imide groups is 1. The van der Waals surface area contributed by atoms with E-state index in [1.807, 2.05) is 32.0 Å². The van der Waals surface area contributed by atoms with Crippen LogP contribution < -0.4 is 10.1 Å². The van der Waals surface area contributed by atoms with Gasteiger partial charge in [-0.25, -0.2) is 8.91 Å². The second-order valence-electron chi connectivity index (χ2n) is 10.4. The van der Waals surface area contributed by atoms with Crippen molar-refractivity contribution < 1.29 is 28.3 Å². The van der Waals surface area contributed by atoms with E-state index in [0.717, 1.165) is 21.8 Å². The summed E-state index contributed by atoms with van der Waals surface area (Å²) in [5.41, 5.74) is 4.13. The summed E-state index contributed by atoms with van der Waals surface area (Å²) in [4.78, 5) is 45.4. The molecule has 1 unspecified atom stereocenters. The van der Waals surface area contributed by atoms with Crippen molar-refractivity contribution in [3.05, 3.63) is 129 Å². The standard InChI is InChI=1S/C33H26ClFN4O5/c1-19-12-13-21(20(2)15-19)16-22(18-43-39-32(41)24-8-3-4-9-25(24)33(39)42)36-30(40)26-17-23-7-6-14-38(23)37-31(26)44-28-11-5-10-27(34)29(28)35/h3-15,17,22H,16,18H2,1-2H3,(H,36,40). The van der Waals surface area contributed by atoms with E-state index < -0.39 is 29.6 Å². The zero-order valence-corrected chi connectivity index (χ0v) is 24.5. The fourth-order valence-electron chi connectivity index (χ4n) is 5.06. The van der Waals surface area contributed by atoms with Gasteiger partial charge >= 0.3 is 0 Å². The first-order chi connectivity index (χ1) is 21.2. The molecule has 0 saturated carbocycles. The molecular weight excluding hydrogens is 587 g/mol. The summed E-state index contributed by atoms with van der Waals surface area (Å²) in [6, 6.07) is 21.0. The topological polar surface area (TPSA) is 102 Å². The lowest BCUT2D eigenvalue weighted by Gasteiger charge is -2.23. The Kier molecular flexibility index (Phi) is 7.86. The number of aryl methyl sites for hydroxylation is 2. The maximum atomic E-state index is 14.7. The lowest BCUT2D eigenvalue weighted by molar-refractivity contribution is -0.0968. The summed E-state index contributed by atoms with van der Waals surface area (Å²) in [6.45, 7) is 3.74. The molecule has 11 heteroatoms. The van der Waals surface area contributed by atoms with Crippen LogP contribution in [0.25, 0.3) is 5.52 Å². The van der Waals surface area contributed by atoms with Crippen molar-refractivity contribution in [2.75, 3.05) is 6.61 Å². The predicted octanol–water partition coefficient (Wildman–Crippen LogP) is 6.10. The molecule has 0 aliphatic carbocycles. The number of hydroxylamine groups is 2. The Morgan fingerprint density at radius 3 is 2.45 bits per heavy atom. The molecular formula is C33H26ClFN4O5. The van der Waals surface area contributed by atoms with E-state index in [1.165, 1.54) is 22.7 Å². The molecule has 1 aliphatic rings. The highest BCUT2D eigenvalue weighted by Crippen LogP contribution is 2.30. The number of hydrogen-bond donors (Lipinski definition) is 1. The second-order valence-corrected chi connectivity index (χ2v) is 10.9. The van der Waals surface area contributed by atoms with E-state index in [0.29, 0.717) is 11.9 Å². The van der Waals surface area contributed by atoms with E-state index in [4.69, 9.17) is 21.2 Å². The molecule has 44 heavy (non-hydrogen) atoms. The molecule has 6 rings (SSSR count). The van der Waals surface area contributed by atoms with Gasteiger partial charge in [-0.1, -0.05) is 53.6 Å². The molecule has 3 aromatic carbocycles. The van der Waals surface area contributed by atoms with Crippen molar-refractivity contribution in [3.63, 3.8) is 0 Å². The lowest BCUT2D eigenvalue weighted by Crippen LogP contribution is -2.43. The number of nitrogens with one attached hydrogen (secondary N) is 1. The molecule has 2 aromatic heterocycles. The maximum absolute atomic E-state index is 14.7. The minimum Gasteiger partial charge on any atom is -0.434 e. The highest BCUT2D eigenvalue weighted by atomic mass is 35.5. The Bertz CT molecular complexity index is 1910. The SMILES string of the molecule is Cc1ccc(CC(CON2C(=O)c3ccccc3C2=O)NC(=O)c2cc3cccn3nc2Oc2cccc(Cl)c2F)c(C)c1. The third-order valence-electron chi connectivity index (χ3n) is 7.31. The molecule has 3 heterocycles. The van der Waals surface area contributed by atoms with E-state index in [9.17, 15) is 18.8 Å². The molecule has 0 spiro atoms. The maximum Gasteiger partial charge on any atom is 0.285 e. The van der Waals surface area contributed by atoms with Crippen molar-refractivity contribution in [2.24, 2.45) is 0 Å². The number of amides is 3. The van der Waals surface area contributed by atoms with Gasteiger partial charge in [0.15, 0.2) is 11.6 Å². The van der Waals surface area contributed by atoms with Crippen LogP contribution in [0.15, 0.2) is 85.1 Å². The van der Waals surface area contributed by atoms with Crippen LogP contribution in [0.2, 0.25) is 5.02 Å². The van der Waals surface area contributed by atoms with Gasteiger partial charge in [0.1, 0.15) is 5.56 Å². The van der Waals surface area contributed by atoms with Gasteiger partial charge in [0.25, 0.3) is 17.7 Å². The first-order valence-corrected chi connectivity index (χ1v) is 14.2. The molecule has 0 saturated heterocycles. The number of halogens is 2. The van der Waals surface area contributed by atoms with Crippen molar-refractivity contribution in [1.82, 2.24) is 20.0 Å². The number of fused-ring (bicyclic) bond motifs is 2. The number of aromatic nitrogens is 2. The highest BCUT2D eigenvalue weighted by Gasteiger charge is 2.37. The highest BCUT2D eigenvalue weighted by molar-refractivity contribution is 6.30.